The van der Waals surface area contributed by atoms with Crippen LogP contribution in [0.15, 0.2) is 35.7 Å². The van der Waals surface area contributed by atoms with Crippen LogP contribution in [-0.2, 0) is 14.6 Å². The molecule has 1 heterocycles. The van der Waals surface area contributed by atoms with Gasteiger partial charge in [0.25, 0.3) is 0 Å². The normalized spacial score (nSPS) is 20.4. The van der Waals surface area contributed by atoms with Crippen LogP contribution in [-0.4, -0.2) is 26.1 Å². The monoisotopic (exact) mass is 279 g/mol. The van der Waals surface area contributed by atoms with E-state index < -0.39 is 15.9 Å². The molecule has 0 saturated carbocycles. The molecule has 1 aromatic carbocycles. The number of hydrogen-bond donors (Lipinski definition) is 0. The second-order valence-electron chi connectivity index (χ2n) is 4.68. The maximum atomic E-state index is 12.1. The summed E-state index contributed by atoms with van der Waals surface area (Å²) in [6, 6.07) is 7.13. The SMILES string of the molecule is CCC(=O)N(c1ccc(C)cc1)[C@H]1C=CS(=O)(=O)C1. The number of amides is 1. The molecule has 1 aliphatic rings. The highest BCUT2D eigenvalue weighted by molar-refractivity contribution is 7.94. The van der Waals surface area contributed by atoms with E-state index in [1.54, 1.807) is 17.9 Å². The minimum atomic E-state index is -3.17. The smallest absolute Gasteiger partial charge is 0.227 e. The minimum Gasteiger partial charge on any atom is -0.304 e. The number of hydrogen-bond acceptors (Lipinski definition) is 3. The summed E-state index contributed by atoms with van der Waals surface area (Å²) in [6.45, 7) is 3.74. The Balaban J connectivity index is 2.35. The van der Waals surface area contributed by atoms with E-state index in [9.17, 15) is 13.2 Å². The van der Waals surface area contributed by atoms with Crippen molar-refractivity contribution in [2.75, 3.05) is 10.7 Å². The lowest BCUT2D eigenvalue weighted by Gasteiger charge is -2.27. The fourth-order valence-electron chi connectivity index (χ4n) is 2.12. The number of carbonyl (C=O) groups excluding carboxylic acids is 1. The number of carbonyl (C=O) groups is 1. The van der Waals surface area contributed by atoms with Gasteiger partial charge in [0.2, 0.25) is 5.91 Å². The predicted octanol–water partition coefficient (Wildman–Crippen LogP) is 2.05. The summed E-state index contributed by atoms with van der Waals surface area (Å²) in [4.78, 5) is 13.7. The Morgan fingerprint density at radius 2 is 1.95 bits per heavy atom. The van der Waals surface area contributed by atoms with Crippen molar-refractivity contribution in [1.29, 1.82) is 0 Å². The van der Waals surface area contributed by atoms with Gasteiger partial charge >= 0.3 is 0 Å². The molecule has 0 bridgehead atoms. The molecule has 19 heavy (non-hydrogen) atoms. The lowest BCUT2D eigenvalue weighted by atomic mass is 10.1. The zero-order valence-corrected chi connectivity index (χ0v) is 11.9. The van der Waals surface area contributed by atoms with Gasteiger partial charge < -0.3 is 4.90 Å². The predicted molar refractivity (Wildman–Crippen MR) is 75.7 cm³/mol. The molecule has 1 aliphatic heterocycles. The van der Waals surface area contributed by atoms with E-state index >= 15 is 0 Å². The van der Waals surface area contributed by atoms with Crippen LogP contribution in [0.1, 0.15) is 18.9 Å². The van der Waals surface area contributed by atoms with E-state index in [1.165, 1.54) is 5.41 Å². The summed E-state index contributed by atoms with van der Waals surface area (Å²) in [5.74, 6) is -0.109. The van der Waals surface area contributed by atoms with Crippen molar-refractivity contribution in [3.8, 4) is 0 Å². The van der Waals surface area contributed by atoms with E-state index in [2.05, 4.69) is 0 Å². The fourth-order valence-corrected chi connectivity index (χ4v) is 3.38. The average molecular weight is 279 g/mol. The number of rotatable bonds is 3. The van der Waals surface area contributed by atoms with Gasteiger partial charge in [0, 0.05) is 17.5 Å². The van der Waals surface area contributed by atoms with Gasteiger partial charge in [-0.2, -0.15) is 0 Å². The first-order valence-corrected chi connectivity index (χ1v) is 7.94. The van der Waals surface area contributed by atoms with E-state index in [1.807, 2.05) is 31.2 Å². The van der Waals surface area contributed by atoms with Crippen LogP contribution in [0.4, 0.5) is 5.69 Å². The standard InChI is InChI=1S/C14H17NO3S/c1-3-14(16)15(12-6-4-11(2)5-7-12)13-8-9-19(17,18)10-13/h4-9,13H,3,10H2,1-2H3/t13-/m0/s1. The molecular weight excluding hydrogens is 262 g/mol. The van der Waals surface area contributed by atoms with Gasteiger partial charge in [-0.25, -0.2) is 8.42 Å². The van der Waals surface area contributed by atoms with Crippen molar-refractivity contribution in [2.45, 2.75) is 26.3 Å². The van der Waals surface area contributed by atoms with Gasteiger partial charge in [0.05, 0.1) is 11.8 Å². The first kappa shape index (κ1) is 13.8. The van der Waals surface area contributed by atoms with Crippen molar-refractivity contribution in [2.24, 2.45) is 0 Å². The lowest BCUT2D eigenvalue weighted by molar-refractivity contribution is -0.118. The van der Waals surface area contributed by atoms with Crippen LogP contribution in [0.25, 0.3) is 0 Å². The van der Waals surface area contributed by atoms with E-state index in [-0.39, 0.29) is 11.7 Å². The Morgan fingerprint density at radius 3 is 2.42 bits per heavy atom. The van der Waals surface area contributed by atoms with Crippen molar-refractivity contribution in [1.82, 2.24) is 0 Å². The summed E-state index contributed by atoms with van der Waals surface area (Å²) < 4.78 is 23.0. The molecule has 0 N–H and O–H groups in total. The number of benzene rings is 1. The maximum Gasteiger partial charge on any atom is 0.227 e. The second-order valence-corrected chi connectivity index (χ2v) is 6.61. The number of sulfone groups is 1. The molecule has 1 amide bonds. The molecule has 0 fully saturated rings. The molecule has 1 atom stereocenters. The van der Waals surface area contributed by atoms with Crippen molar-refractivity contribution >= 4 is 21.4 Å². The van der Waals surface area contributed by atoms with Crippen LogP contribution in [0.5, 0.6) is 0 Å². The van der Waals surface area contributed by atoms with Crippen LogP contribution in [0.3, 0.4) is 0 Å². The van der Waals surface area contributed by atoms with Gasteiger partial charge in [0.1, 0.15) is 0 Å². The van der Waals surface area contributed by atoms with Gasteiger partial charge in [-0.1, -0.05) is 24.6 Å². The first-order chi connectivity index (χ1) is 8.93. The lowest BCUT2D eigenvalue weighted by Crippen LogP contribution is -2.40. The van der Waals surface area contributed by atoms with Crippen molar-refractivity contribution in [3.63, 3.8) is 0 Å². The van der Waals surface area contributed by atoms with Crippen molar-refractivity contribution in [3.05, 3.63) is 41.3 Å². The molecule has 1 aromatic rings. The first-order valence-electron chi connectivity index (χ1n) is 6.22. The summed E-state index contributed by atoms with van der Waals surface area (Å²) in [7, 11) is -3.17. The molecule has 2 rings (SSSR count). The Hall–Kier alpha value is -1.62. The van der Waals surface area contributed by atoms with E-state index in [0.717, 1.165) is 11.3 Å². The topological polar surface area (TPSA) is 54.5 Å². The molecule has 0 saturated heterocycles. The zero-order valence-electron chi connectivity index (χ0n) is 11.0. The highest BCUT2D eigenvalue weighted by atomic mass is 32.2. The third kappa shape index (κ3) is 3.04. The maximum absolute atomic E-state index is 12.1. The third-order valence-corrected chi connectivity index (χ3v) is 4.50. The van der Waals surface area contributed by atoms with Crippen molar-refractivity contribution < 1.29 is 13.2 Å². The number of anilines is 1. The summed E-state index contributed by atoms with van der Waals surface area (Å²) in [5.41, 5.74) is 1.84. The number of nitrogens with zero attached hydrogens (tertiary/aromatic N) is 1. The Bertz CT molecular complexity index is 602. The Kier molecular flexibility index (Phi) is 3.75. The summed E-state index contributed by atoms with van der Waals surface area (Å²) in [5, 5.41) is 1.20. The van der Waals surface area contributed by atoms with Crippen LogP contribution < -0.4 is 4.90 Å². The summed E-state index contributed by atoms with van der Waals surface area (Å²) >= 11 is 0. The zero-order chi connectivity index (χ0) is 14.0. The number of aryl methyl sites for hydroxylation is 1. The molecule has 0 unspecified atom stereocenters. The summed E-state index contributed by atoms with van der Waals surface area (Å²) in [6.07, 6.45) is 1.93. The Morgan fingerprint density at radius 1 is 1.32 bits per heavy atom. The highest BCUT2D eigenvalue weighted by Gasteiger charge is 2.30. The van der Waals surface area contributed by atoms with Gasteiger partial charge in [0.15, 0.2) is 9.84 Å². The Labute approximate surface area is 113 Å². The highest BCUT2D eigenvalue weighted by Crippen LogP contribution is 2.23. The van der Waals surface area contributed by atoms with Gasteiger partial charge in [-0.05, 0) is 25.1 Å². The van der Waals surface area contributed by atoms with Gasteiger partial charge in [-0.3, -0.25) is 4.79 Å². The molecule has 102 valence electrons. The third-order valence-electron chi connectivity index (χ3n) is 3.13. The molecule has 0 spiro atoms. The van der Waals surface area contributed by atoms with Gasteiger partial charge in [-0.15, -0.1) is 0 Å². The molecule has 5 heteroatoms. The molecule has 0 aliphatic carbocycles. The van der Waals surface area contributed by atoms with E-state index in [0.29, 0.717) is 6.42 Å². The van der Waals surface area contributed by atoms with Crippen LogP contribution >= 0.6 is 0 Å². The van der Waals surface area contributed by atoms with Crippen LogP contribution in [0.2, 0.25) is 0 Å². The van der Waals surface area contributed by atoms with Crippen LogP contribution in [0, 0.1) is 6.92 Å². The second kappa shape index (κ2) is 5.17. The van der Waals surface area contributed by atoms with E-state index in [4.69, 9.17) is 0 Å². The largest absolute Gasteiger partial charge is 0.304 e. The molecule has 0 aromatic heterocycles. The molecular formula is C14H17NO3S. The quantitative estimate of drug-likeness (QED) is 0.851. The minimum absolute atomic E-state index is 0.0351. The fraction of sp³-hybridized carbons (Fsp3) is 0.357. The molecule has 0 radical (unpaired) electrons. The average Bonchev–Trinajstić information content (AvgIpc) is 2.72. The molecule has 4 nitrogen and oxygen atoms in total.